The standard InChI is InChI=1S/C29H31NO5/c1-18-9-12-20(13-10-18)23-17-28(35-30(23)21-7-5-4-6-8-21)22-14-11-19(2)29(33)16-15-24(31)27(29,3)25(22)34-26(28)32/h4-10,12-13,15-16,19,22-23,25,33H,11,14,17H2,1-3H3/t19-,22+,23-,25+,27-,28?,29+/m0/s1. The van der Waals surface area contributed by atoms with Crippen LogP contribution in [0.25, 0.3) is 0 Å². The van der Waals surface area contributed by atoms with Gasteiger partial charge in [0, 0.05) is 12.3 Å². The number of allylic oxidation sites excluding steroid dienone is 1. The van der Waals surface area contributed by atoms with Crippen LogP contribution in [0.5, 0.6) is 0 Å². The van der Waals surface area contributed by atoms with Gasteiger partial charge in [-0.15, -0.1) is 0 Å². The second kappa shape index (κ2) is 7.52. The maximum Gasteiger partial charge on any atom is 0.342 e. The molecule has 2 saturated heterocycles. The number of para-hydroxylation sites is 1. The lowest BCUT2D eigenvalue weighted by atomic mass is 9.63. The van der Waals surface area contributed by atoms with Crippen molar-refractivity contribution in [3.05, 3.63) is 77.9 Å². The van der Waals surface area contributed by atoms with Crippen molar-refractivity contribution < 1.29 is 24.3 Å². The van der Waals surface area contributed by atoms with E-state index in [2.05, 4.69) is 24.3 Å². The molecule has 2 aliphatic carbocycles. The molecular formula is C29H31NO5. The zero-order valence-electron chi connectivity index (χ0n) is 20.3. The Morgan fingerprint density at radius 1 is 1.03 bits per heavy atom. The van der Waals surface area contributed by atoms with Crippen LogP contribution in [0.2, 0.25) is 0 Å². The first-order valence-electron chi connectivity index (χ1n) is 12.5. The molecule has 1 unspecified atom stereocenters. The van der Waals surface area contributed by atoms with Crippen molar-refractivity contribution in [2.24, 2.45) is 17.3 Å². The maximum absolute atomic E-state index is 13.7. The summed E-state index contributed by atoms with van der Waals surface area (Å²) in [7, 11) is 0. The fourth-order valence-electron chi connectivity index (χ4n) is 6.87. The van der Waals surface area contributed by atoms with E-state index in [9.17, 15) is 14.7 Å². The summed E-state index contributed by atoms with van der Waals surface area (Å²) in [4.78, 5) is 33.6. The van der Waals surface area contributed by atoms with Crippen molar-refractivity contribution in [2.75, 3.05) is 5.06 Å². The number of aliphatic hydroxyl groups is 1. The van der Waals surface area contributed by atoms with Crippen LogP contribution < -0.4 is 5.06 Å². The minimum Gasteiger partial charge on any atom is -0.459 e. The molecule has 1 spiro atoms. The van der Waals surface area contributed by atoms with Crippen molar-refractivity contribution in [3.63, 3.8) is 0 Å². The van der Waals surface area contributed by atoms with E-state index in [0.717, 1.165) is 16.8 Å². The number of nitrogens with zero attached hydrogens (tertiary/aromatic N) is 1. The molecule has 0 amide bonds. The minimum absolute atomic E-state index is 0.156. The zero-order chi connectivity index (χ0) is 24.6. The van der Waals surface area contributed by atoms with Gasteiger partial charge < -0.3 is 9.84 Å². The van der Waals surface area contributed by atoms with Crippen LogP contribution in [0, 0.1) is 24.2 Å². The number of aryl methyl sites for hydroxylation is 1. The number of esters is 1. The molecule has 6 rings (SSSR count). The zero-order valence-corrected chi connectivity index (χ0v) is 20.3. The van der Waals surface area contributed by atoms with Crippen LogP contribution in [0.3, 0.4) is 0 Å². The van der Waals surface area contributed by atoms with Gasteiger partial charge in [-0.2, -0.15) is 0 Å². The highest BCUT2D eigenvalue weighted by Gasteiger charge is 2.74. The van der Waals surface area contributed by atoms with Crippen molar-refractivity contribution in [2.45, 2.75) is 63.4 Å². The first kappa shape index (κ1) is 22.5. The second-order valence-corrected chi connectivity index (χ2v) is 10.9. The summed E-state index contributed by atoms with van der Waals surface area (Å²) < 4.78 is 6.06. The van der Waals surface area contributed by atoms with Crippen LogP contribution in [-0.2, 0) is 19.2 Å². The average molecular weight is 474 g/mol. The molecule has 2 aromatic carbocycles. The molecule has 35 heavy (non-hydrogen) atoms. The molecule has 2 heterocycles. The van der Waals surface area contributed by atoms with Gasteiger partial charge in [-0.25, -0.2) is 9.86 Å². The largest absolute Gasteiger partial charge is 0.459 e. The molecule has 1 saturated carbocycles. The van der Waals surface area contributed by atoms with E-state index in [1.807, 2.05) is 49.2 Å². The van der Waals surface area contributed by atoms with Gasteiger partial charge in [0.15, 0.2) is 5.78 Å². The maximum atomic E-state index is 13.7. The molecule has 3 fully saturated rings. The normalized spacial score (nSPS) is 40.1. The van der Waals surface area contributed by atoms with E-state index in [-0.39, 0.29) is 23.7 Å². The summed E-state index contributed by atoms with van der Waals surface area (Å²) in [6.07, 6.45) is 4.00. The summed E-state index contributed by atoms with van der Waals surface area (Å²) in [6.45, 7) is 5.77. The number of hydrogen-bond donors (Lipinski definition) is 1. The number of hydroxylamine groups is 1. The highest BCUT2D eigenvalue weighted by Crippen LogP contribution is 2.61. The lowest BCUT2D eigenvalue weighted by Gasteiger charge is -2.43. The van der Waals surface area contributed by atoms with Crippen LogP contribution in [0.4, 0.5) is 5.69 Å². The van der Waals surface area contributed by atoms with Crippen molar-refractivity contribution >= 4 is 17.4 Å². The molecule has 4 aliphatic rings. The van der Waals surface area contributed by atoms with Gasteiger partial charge in [0.1, 0.15) is 11.7 Å². The monoisotopic (exact) mass is 473 g/mol. The number of carbonyl (C=O) groups is 2. The quantitative estimate of drug-likeness (QED) is 0.649. The molecule has 1 N–H and O–H groups in total. The summed E-state index contributed by atoms with van der Waals surface area (Å²) in [6, 6.07) is 17.9. The van der Waals surface area contributed by atoms with Crippen molar-refractivity contribution in [1.82, 2.24) is 0 Å². The number of ketones is 1. The highest BCUT2D eigenvalue weighted by atomic mass is 16.7. The van der Waals surface area contributed by atoms with E-state index in [1.54, 1.807) is 13.0 Å². The van der Waals surface area contributed by atoms with E-state index >= 15 is 0 Å². The third-order valence-electron chi connectivity index (χ3n) is 9.12. The van der Waals surface area contributed by atoms with E-state index in [0.29, 0.717) is 19.3 Å². The van der Waals surface area contributed by atoms with E-state index in [4.69, 9.17) is 9.57 Å². The predicted molar refractivity (Wildman–Crippen MR) is 130 cm³/mol. The first-order chi connectivity index (χ1) is 16.7. The van der Waals surface area contributed by atoms with Crippen molar-refractivity contribution in [3.8, 4) is 0 Å². The van der Waals surface area contributed by atoms with Gasteiger partial charge in [0.25, 0.3) is 0 Å². The van der Waals surface area contributed by atoms with Gasteiger partial charge >= 0.3 is 5.97 Å². The Morgan fingerprint density at radius 3 is 2.46 bits per heavy atom. The Balaban J connectivity index is 1.46. The number of carbonyl (C=O) groups excluding carboxylic acids is 2. The van der Waals surface area contributed by atoms with Crippen molar-refractivity contribution in [1.29, 1.82) is 0 Å². The SMILES string of the molecule is Cc1ccc([C@@H]2CC3(ON2c2ccccc2)C(=O)O[C@@H]2[C@H]3CC[C@H](C)[C@]3(O)C=CC(=O)[C@@]23C)cc1. The van der Waals surface area contributed by atoms with Gasteiger partial charge in [-0.05, 0) is 62.5 Å². The first-order valence-corrected chi connectivity index (χ1v) is 12.5. The molecule has 2 aliphatic heterocycles. The van der Waals surface area contributed by atoms with E-state index < -0.39 is 28.7 Å². The Labute approximate surface area is 205 Å². The lowest BCUT2D eigenvalue weighted by Crippen LogP contribution is -2.57. The Morgan fingerprint density at radius 2 is 1.74 bits per heavy atom. The number of ether oxygens (including phenoxy) is 1. The third kappa shape index (κ3) is 2.90. The molecule has 0 bridgehead atoms. The molecular weight excluding hydrogens is 442 g/mol. The van der Waals surface area contributed by atoms with E-state index in [1.165, 1.54) is 6.08 Å². The Hall–Kier alpha value is -2.96. The topological polar surface area (TPSA) is 76.1 Å². The number of benzene rings is 2. The number of hydrogen-bond acceptors (Lipinski definition) is 6. The average Bonchev–Trinajstić information content (AvgIpc) is 3.45. The third-order valence-corrected chi connectivity index (χ3v) is 9.12. The fourth-order valence-corrected chi connectivity index (χ4v) is 6.87. The van der Waals surface area contributed by atoms with Gasteiger partial charge in [-0.1, -0.05) is 55.0 Å². The smallest absolute Gasteiger partial charge is 0.342 e. The molecule has 6 heteroatoms. The summed E-state index contributed by atoms with van der Waals surface area (Å²) in [5.74, 6) is -1.15. The fraction of sp³-hybridized carbons (Fsp3) is 0.448. The molecule has 7 atom stereocenters. The second-order valence-electron chi connectivity index (χ2n) is 10.9. The number of fused-ring (bicyclic) bond motifs is 4. The van der Waals surface area contributed by atoms with Crippen LogP contribution >= 0.6 is 0 Å². The Kier molecular flexibility index (Phi) is 4.83. The molecule has 0 radical (unpaired) electrons. The molecule has 2 aromatic rings. The van der Waals surface area contributed by atoms with Crippen LogP contribution in [0.15, 0.2) is 66.7 Å². The van der Waals surface area contributed by atoms with Crippen LogP contribution in [0.1, 0.15) is 50.3 Å². The molecule has 6 nitrogen and oxygen atoms in total. The number of rotatable bonds is 2. The highest BCUT2D eigenvalue weighted by molar-refractivity contribution is 6.00. The van der Waals surface area contributed by atoms with Gasteiger partial charge in [0.2, 0.25) is 5.60 Å². The predicted octanol–water partition coefficient (Wildman–Crippen LogP) is 4.46. The van der Waals surface area contributed by atoms with Gasteiger partial charge in [-0.3, -0.25) is 9.63 Å². The number of anilines is 1. The summed E-state index contributed by atoms with van der Waals surface area (Å²) in [5, 5.41) is 13.5. The van der Waals surface area contributed by atoms with Gasteiger partial charge in [0.05, 0.1) is 17.1 Å². The molecule has 182 valence electrons. The lowest BCUT2D eigenvalue weighted by molar-refractivity contribution is -0.169. The van der Waals surface area contributed by atoms with Crippen LogP contribution in [-0.4, -0.2) is 34.2 Å². The Bertz CT molecular complexity index is 1210. The molecule has 0 aromatic heterocycles. The summed E-state index contributed by atoms with van der Waals surface area (Å²) in [5.41, 5.74) is -0.761. The minimum atomic E-state index is -1.36. The summed E-state index contributed by atoms with van der Waals surface area (Å²) >= 11 is 0.